The van der Waals surface area contributed by atoms with Crippen molar-refractivity contribution in [1.82, 2.24) is 9.78 Å². The first kappa shape index (κ1) is 18.4. The molecule has 4 nitrogen and oxygen atoms in total. The van der Waals surface area contributed by atoms with Crippen molar-refractivity contribution in [3.63, 3.8) is 0 Å². The van der Waals surface area contributed by atoms with Gasteiger partial charge in [0, 0.05) is 17.7 Å². The Bertz CT molecular complexity index is 638. The zero-order valence-corrected chi connectivity index (χ0v) is 12.7. The monoisotopic (exact) mass is 376 g/mol. The van der Waals surface area contributed by atoms with E-state index in [0.717, 1.165) is 4.68 Å². The number of ether oxygens (including phenoxy) is 1. The topological polar surface area (TPSA) is 47.3 Å². The van der Waals surface area contributed by atoms with E-state index in [2.05, 4.69) is 9.84 Å². The summed E-state index contributed by atoms with van der Waals surface area (Å²) in [6.45, 7) is -3.16. The van der Waals surface area contributed by atoms with Gasteiger partial charge in [-0.1, -0.05) is 0 Å². The minimum atomic E-state index is -4.98. The third-order valence-corrected chi connectivity index (χ3v) is 4.70. The fourth-order valence-electron chi connectivity index (χ4n) is 3.41. The Hall–Kier alpha value is -1.36. The van der Waals surface area contributed by atoms with E-state index in [0.29, 0.717) is 0 Å². The summed E-state index contributed by atoms with van der Waals surface area (Å²) in [6, 6.07) is -0.518. The smallest absolute Gasteiger partial charge is 0.382 e. The molecular weight excluding hydrogens is 361 g/mol. The largest absolute Gasteiger partial charge is 0.435 e. The van der Waals surface area contributed by atoms with Crippen molar-refractivity contribution >= 4 is 0 Å². The van der Waals surface area contributed by atoms with Crippen LogP contribution in [0, 0.1) is 5.92 Å². The molecule has 25 heavy (non-hydrogen) atoms. The molecule has 0 radical (unpaired) electrons. The number of aliphatic hydroxyl groups excluding tert-OH is 1. The zero-order chi connectivity index (χ0) is 18.6. The van der Waals surface area contributed by atoms with Crippen LogP contribution < -0.4 is 0 Å². The Morgan fingerprint density at radius 1 is 1.28 bits per heavy atom. The molecule has 1 heterocycles. The van der Waals surface area contributed by atoms with Crippen molar-refractivity contribution in [3.8, 4) is 0 Å². The second-order valence-corrected chi connectivity index (χ2v) is 6.40. The highest BCUT2D eigenvalue weighted by Gasteiger charge is 2.52. The summed E-state index contributed by atoms with van der Waals surface area (Å²) < 4.78 is 95.9. The molecule has 0 spiro atoms. The number of aromatic nitrogens is 2. The quantitative estimate of drug-likeness (QED) is 0.815. The van der Waals surface area contributed by atoms with Crippen molar-refractivity contribution in [2.45, 2.75) is 56.5 Å². The predicted molar refractivity (Wildman–Crippen MR) is 69.2 cm³/mol. The Kier molecular flexibility index (Phi) is 4.51. The molecule has 0 aromatic carbocycles. The van der Waals surface area contributed by atoms with Gasteiger partial charge in [-0.3, -0.25) is 4.68 Å². The van der Waals surface area contributed by atoms with Gasteiger partial charge in [-0.25, -0.2) is 8.78 Å². The first-order chi connectivity index (χ1) is 11.5. The normalized spacial score (nSPS) is 28.8. The Balaban J connectivity index is 1.86. The van der Waals surface area contributed by atoms with Gasteiger partial charge in [-0.05, 0) is 25.2 Å². The summed E-state index contributed by atoms with van der Waals surface area (Å²) in [5, 5.41) is 13.1. The van der Waals surface area contributed by atoms with Gasteiger partial charge in [0.05, 0.1) is 12.6 Å². The minimum absolute atomic E-state index is 0.0658. The van der Waals surface area contributed by atoms with Crippen LogP contribution in [0.4, 0.5) is 30.7 Å². The van der Waals surface area contributed by atoms with Crippen molar-refractivity contribution in [2.75, 3.05) is 6.61 Å². The molecule has 1 atom stereocenters. The molecule has 0 aliphatic heterocycles. The van der Waals surface area contributed by atoms with Gasteiger partial charge in [0.25, 0.3) is 5.92 Å². The first-order valence-electron chi connectivity index (χ1n) is 7.65. The number of fused-ring (bicyclic) bond motifs is 1. The minimum Gasteiger partial charge on any atom is -0.382 e. The van der Waals surface area contributed by atoms with Gasteiger partial charge in [0.15, 0.2) is 5.69 Å². The molecule has 1 aromatic rings. The summed E-state index contributed by atoms with van der Waals surface area (Å²) in [4.78, 5) is 0. The fourth-order valence-corrected chi connectivity index (χ4v) is 3.41. The van der Waals surface area contributed by atoms with Gasteiger partial charge < -0.3 is 9.84 Å². The molecule has 3 rings (SSSR count). The van der Waals surface area contributed by atoms with Crippen LogP contribution in [-0.2, 0) is 17.3 Å². The molecule has 11 heteroatoms. The molecule has 1 N–H and O–H groups in total. The average molecular weight is 376 g/mol. The van der Waals surface area contributed by atoms with Crippen molar-refractivity contribution < 1.29 is 40.6 Å². The van der Waals surface area contributed by atoms with Crippen molar-refractivity contribution in [3.05, 3.63) is 17.0 Å². The van der Waals surface area contributed by atoms with E-state index >= 15 is 0 Å². The zero-order valence-electron chi connectivity index (χ0n) is 12.7. The van der Waals surface area contributed by atoms with E-state index in [1.165, 1.54) is 0 Å². The molecule has 1 aromatic heterocycles. The summed E-state index contributed by atoms with van der Waals surface area (Å²) in [5.74, 6) is -3.92. The van der Waals surface area contributed by atoms with E-state index in [4.69, 9.17) is 0 Å². The number of halogens is 7. The van der Waals surface area contributed by atoms with Gasteiger partial charge in [-0.15, -0.1) is 0 Å². The Morgan fingerprint density at radius 2 is 1.92 bits per heavy atom. The summed E-state index contributed by atoms with van der Waals surface area (Å²) in [5.41, 5.74) is -2.46. The number of alkyl halides is 7. The van der Waals surface area contributed by atoms with Crippen LogP contribution in [0.2, 0.25) is 0 Å². The highest BCUT2D eigenvalue weighted by atomic mass is 19.4. The van der Waals surface area contributed by atoms with Crippen molar-refractivity contribution in [2.24, 2.45) is 5.92 Å². The second kappa shape index (κ2) is 6.11. The highest BCUT2D eigenvalue weighted by Crippen LogP contribution is 2.49. The molecule has 0 unspecified atom stereocenters. The number of rotatable bonds is 4. The van der Waals surface area contributed by atoms with Crippen LogP contribution in [-0.4, -0.2) is 34.0 Å². The van der Waals surface area contributed by atoms with E-state index in [-0.39, 0.29) is 37.5 Å². The molecule has 142 valence electrons. The lowest BCUT2D eigenvalue weighted by Gasteiger charge is -2.37. The standard InChI is InChI=1S/C14H15F7N2O2/c15-12(16)25-5-6-3-7(4-6)23-8-1-2-13(17,18)11(24)9(8)10(22-23)14(19,20)21/h6-7,11-12,24H,1-5H2/t6-,7+,11-/m0/s1. The van der Waals surface area contributed by atoms with Crippen LogP contribution in [0.3, 0.4) is 0 Å². The fraction of sp³-hybridized carbons (Fsp3) is 0.786. The number of hydrogen-bond acceptors (Lipinski definition) is 3. The maximum Gasteiger partial charge on any atom is 0.435 e. The third-order valence-electron chi connectivity index (χ3n) is 4.70. The molecule has 2 aliphatic rings. The van der Waals surface area contributed by atoms with Gasteiger partial charge in [0.1, 0.15) is 6.10 Å². The number of nitrogens with zero attached hydrogens (tertiary/aromatic N) is 2. The maximum absolute atomic E-state index is 13.6. The van der Waals surface area contributed by atoms with Crippen LogP contribution in [0.25, 0.3) is 0 Å². The van der Waals surface area contributed by atoms with Crippen LogP contribution >= 0.6 is 0 Å². The van der Waals surface area contributed by atoms with E-state index < -0.39 is 48.5 Å². The Labute approximate surface area is 137 Å². The summed E-state index contributed by atoms with van der Waals surface area (Å²) in [7, 11) is 0. The molecule has 1 fully saturated rings. The number of aliphatic hydroxyl groups is 1. The van der Waals surface area contributed by atoms with Gasteiger partial charge >= 0.3 is 12.8 Å². The molecule has 0 saturated heterocycles. The second-order valence-electron chi connectivity index (χ2n) is 6.40. The first-order valence-corrected chi connectivity index (χ1v) is 7.65. The maximum atomic E-state index is 13.6. The lowest BCUT2D eigenvalue weighted by molar-refractivity contribution is -0.151. The summed E-state index contributed by atoms with van der Waals surface area (Å²) >= 11 is 0. The average Bonchev–Trinajstić information content (AvgIpc) is 2.81. The van der Waals surface area contributed by atoms with Crippen LogP contribution in [0.1, 0.15) is 48.4 Å². The molecule has 2 aliphatic carbocycles. The summed E-state index contributed by atoms with van der Waals surface area (Å²) in [6.07, 6.45) is -8.17. The van der Waals surface area contributed by atoms with E-state index in [1.54, 1.807) is 0 Å². The van der Waals surface area contributed by atoms with Crippen LogP contribution in [0.15, 0.2) is 0 Å². The third kappa shape index (κ3) is 3.35. The molecule has 0 amide bonds. The molecule has 1 saturated carbocycles. The lowest BCUT2D eigenvalue weighted by Crippen LogP contribution is -2.35. The SMILES string of the molecule is O[C@H]1c2c(C(F)(F)F)nn([C@H]3C[C@@H](COC(F)F)C3)c2CCC1(F)F. The number of hydrogen-bond donors (Lipinski definition) is 1. The molecule has 0 bridgehead atoms. The predicted octanol–water partition coefficient (Wildman–Crippen LogP) is 3.71. The van der Waals surface area contributed by atoms with Crippen LogP contribution in [0.5, 0.6) is 0 Å². The Morgan fingerprint density at radius 3 is 2.48 bits per heavy atom. The highest BCUT2D eigenvalue weighted by molar-refractivity contribution is 5.35. The lowest BCUT2D eigenvalue weighted by atomic mass is 9.80. The van der Waals surface area contributed by atoms with Gasteiger partial charge in [-0.2, -0.15) is 27.1 Å². The van der Waals surface area contributed by atoms with Crippen molar-refractivity contribution in [1.29, 1.82) is 0 Å². The van der Waals surface area contributed by atoms with Gasteiger partial charge in [0.2, 0.25) is 0 Å². The van der Waals surface area contributed by atoms with E-state index in [9.17, 15) is 35.8 Å². The molecular formula is C14H15F7N2O2. The van der Waals surface area contributed by atoms with E-state index in [1.807, 2.05) is 0 Å².